The Hall–Kier alpha value is -2.63. The molecule has 1 aliphatic rings. The highest BCUT2D eigenvalue weighted by molar-refractivity contribution is 5.96. The monoisotopic (exact) mass is 330 g/mol. The van der Waals surface area contributed by atoms with Crippen LogP contribution in [-0.2, 0) is 14.4 Å². The summed E-state index contributed by atoms with van der Waals surface area (Å²) in [5.41, 5.74) is 1.14. The number of carbonyl (C=O) groups is 3. The van der Waals surface area contributed by atoms with Gasteiger partial charge in [0.15, 0.2) is 0 Å². The summed E-state index contributed by atoms with van der Waals surface area (Å²) in [6.45, 7) is 1.92. The van der Waals surface area contributed by atoms with Crippen molar-refractivity contribution in [2.45, 2.75) is 32.6 Å². The first-order valence-electron chi connectivity index (χ1n) is 8.10. The topological polar surface area (TPSA) is 95.5 Å². The number of rotatable bonds is 6. The second kappa shape index (κ2) is 8.29. The van der Waals surface area contributed by atoms with Crippen molar-refractivity contribution < 1.29 is 19.5 Å². The molecule has 0 saturated carbocycles. The summed E-state index contributed by atoms with van der Waals surface area (Å²) >= 11 is 0. The molecule has 0 unspecified atom stereocenters. The Kier molecular flexibility index (Phi) is 6.12. The van der Waals surface area contributed by atoms with Crippen LogP contribution in [0.2, 0.25) is 0 Å². The number of carboxylic acid groups (broad SMARTS) is 1. The molecular formula is C18H22N2O4. The largest absolute Gasteiger partial charge is 0.481 e. The zero-order chi connectivity index (χ0) is 17.5. The second-order valence-electron chi connectivity index (χ2n) is 5.86. The molecule has 0 spiro atoms. The van der Waals surface area contributed by atoms with Gasteiger partial charge in [-0.05, 0) is 37.5 Å². The fraction of sp³-hybridized carbons (Fsp3) is 0.389. The fourth-order valence-corrected chi connectivity index (χ4v) is 2.74. The van der Waals surface area contributed by atoms with Crippen LogP contribution in [0.3, 0.4) is 0 Å². The van der Waals surface area contributed by atoms with Gasteiger partial charge in [0.2, 0.25) is 11.8 Å². The Balaban J connectivity index is 2.04. The van der Waals surface area contributed by atoms with E-state index in [-0.39, 0.29) is 11.8 Å². The first kappa shape index (κ1) is 17.7. The SMILES string of the molecule is CCCC(=O)Nc1cccc(NC(=O)[C@@H]2CC=CC[C@@H]2C(=O)O)c1. The smallest absolute Gasteiger partial charge is 0.307 e. The number of nitrogens with one attached hydrogen (secondary N) is 2. The Labute approximate surface area is 140 Å². The maximum atomic E-state index is 12.4. The standard InChI is InChI=1S/C18H22N2O4/c1-2-6-16(21)19-12-7-5-8-13(11-12)20-17(22)14-9-3-4-10-15(14)18(23)24/h3-5,7-8,11,14-15H,2,6,9-10H2,1H3,(H,19,21)(H,20,22)(H,23,24)/t14-,15+/m1/s1. The molecule has 0 saturated heterocycles. The van der Waals surface area contributed by atoms with Crippen LogP contribution in [0.15, 0.2) is 36.4 Å². The van der Waals surface area contributed by atoms with Gasteiger partial charge in [-0.3, -0.25) is 14.4 Å². The van der Waals surface area contributed by atoms with Crippen molar-refractivity contribution in [2.24, 2.45) is 11.8 Å². The molecule has 24 heavy (non-hydrogen) atoms. The summed E-state index contributed by atoms with van der Waals surface area (Å²) in [5.74, 6) is -2.65. The van der Waals surface area contributed by atoms with Gasteiger partial charge in [0.05, 0.1) is 11.8 Å². The van der Waals surface area contributed by atoms with Crippen LogP contribution in [0.1, 0.15) is 32.6 Å². The molecule has 1 aromatic carbocycles. The minimum Gasteiger partial charge on any atom is -0.481 e. The molecular weight excluding hydrogens is 308 g/mol. The predicted octanol–water partition coefficient (Wildman–Crippen LogP) is 3.03. The van der Waals surface area contributed by atoms with E-state index in [1.165, 1.54) is 0 Å². The summed E-state index contributed by atoms with van der Waals surface area (Å²) in [4.78, 5) is 35.4. The van der Waals surface area contributed by atoms with Crippen molar-refractivity contribution in [1.82, 2.24) is 0 Å². The van der Waals surface area contributed by atoms with Gasteiger partial charge >= 0.3 is 5.97 Å². The average molecular weight is 330 g/mol. The van der Waals surface area contributed by atoms with Gasteiger partial charge in [0, 0.05) is 17.8 Å². The van der Waals surface area contributed by atoms with E-state index < -0.39 is 17.8 Å². The van der Waals surface area contributed by atoms with E-state index in [2.05, 4.69) is 10.6 Å². The lowest BCUT2D eigenvalue weighted by atomic mass is 9.82. The number of carbonyl (C=O) groups excluding carboxylic acids is 2. The minimum atomic E-state index is -0.958. The Bertz CT molecular complexity index is 654. The number of amides is 2. The van der Waals surface area contributed by atoms with Crippen LogP contribution in [0.5, 0.6) is 0 Å². The number of carboxylic acids is 1. The molecule has 2 amide bonds. The van der Waals surface area contributed by atoms with Crippen LogP contribution in [0, 0.1) is 11.8 Å². The van der Waals surface area contributed by atoms with Crippen LogP contribution >= 0.6 is 0 Å². The number of benzene rings is 1. The lowest BCUT2D eigenvalue weighted by Crippen LogP contribution is -2.34. The molecule has 2 rings (SSSR count). The zero-order valence-corrected chi connectivity index (χ0v) is 13.6. The van der Waals surface area contributed by atoms with Crippen molar-refractivity contribution in [3.05, 3.63) is 36.4 Å². The number of hydrogen-bond donors (Lipinski definition) is 3. The van der Waals surface area contributed by atoms with Crippen molar-refractivity contribution in [1.29, 1.82) is 0 Å². The molecule has 0 aromatic heterocycles. The Morgan fingerprint density at radius 3 is 2.33 bits per heavy atom. The van der Waals surface area contributed by atoms with Gasteiger partial charge in [-0.15, -0.1) is 0 Å². The maximum Gasteiger partial charge on any atom is 0.307 e. The first-order chi connectivity index (χ1) is 11.5. The molecule has 6 nitrogen and oxygen atoms in total. The minimum absolute atomic E-state index is 0.0793. The van der Waals surface area contributed by atoms with E-state index in [0.717, 1.165) is 6.42 Å². The second-order valence-corrected chi connectivity index (χ2v) is 5.86. The number of hydrogen-bond acceptors (Lipinski definition) is 3. The fourth-order valence-electron chi connectivity index (χ4n) is 2.74. The average Bonchev–Trinajstić information content (AvgIpc) is 2.55. The quantitative estimate of drug-likeness (QED) is 0.699. The summed E-state index contributed by atoms with van der Waals surface area (Å²) < 4.78 is 0. The first-order valence-corrected chi connectivity index (χ1v) is 8.10. The van der Waals surface area contributed by atoms with E-state index in [0.29, 0.717) is 30.6 Å². The van der Waals surface area contributed by atoms with Gasteiger partial charge in [-0.25, -0.2) is 0 Å². The molecule has 6 heteroatoms. The molecule has 2 atom stereocenters. The summed E-state index contributed by atoms with van der Waals surface area (Å²) in [6.07, 6.45) is 5.60. The van der Waals surface area contributed by atoms with Crippen molar-refractivity contribution in [3.8, 4) is 0 Å². The molecule has 0 aliphatic heterocycles. The lowest BCUT2D eigenvalue weighted by Gasteiger charge is -2.24. The summed E-state index contributed by atoms with van der Waals surface area (Å²) in [5, 5.41) is 14.8. The zero-order valence-electron chi connectivity index (χ0n) is 13.6. The van der Waals surface area contributed by atoms with E-state index in [1.54, 1.807) is 30.3 Å². The summed E-state index contributed by atoms with van der Waals surface area (Å²) in [7, 11) is 0. The van der Waals surface area contributed by atoms with Crippen LogP contribution in [0.4, 0.5) is 11.4 Å². The Morgan fingerprint density at radius 2 is 1.71 bits per heavy atom. The molecule has 1 aliphatic carbocycles. The molecule has 0 radical (unpaired) electrons. The molecule has 3 N–H and O–H groups in total. The third kappa shape index (κ3) is 4.68. The van der Waals surface area contributed by atoms with Gasteiger partial charge in [-0.2, -0.15) is 0 Å². The third-order valence-corrected chi connectivity index (χ3v) is 3.98. The summed E-state index contributed by atoms with van der Waals surface area (Å²) in [6, 6.07) is 6.85. The van der Waals surface area contributed by atoms with Gasteiger partial charge in [0.1, 0.15) is 0 Å². The van der Waals surface area contributed by atoms with Gasteiger partial charge < -0.3 is 15.7 Å². The predicted molar refractivity (Wildman–Crippen MR) is 91.6 cm³/mol. The van der Waals surface area contributed by atoms with E-state index in [9.17, 15) is 19.5 Å². The molecule has 1 aromatic rings. The maximum absolute atomic E-state index is 12.4. The number of allylic oxidation sites excluding steroid dienone is 2. The lowest BCUT2D eigenvalue weighted by molar-refractivity contribution is -0.146. The van der Waals surface area contributed by atoms with Crippen LogP contribution < -0.4 is 10.6 Å². The van der Waals surface area contributed by atoms with Crippen molar-refractivity contribution in [2.75, 3.05) is 10.6 Å². The Morgan fingerprint density at radius 1 is 1.08 bits per heavy atom. The highest BCUT2D eigenvalue weighted by Gasteiger charge is 2.33. The van der Waals surface area contributed by atoms with Gasteiger partial charge in [-0.1, -0.05) is 25.1 Å². The van der Waals surface area contributed by atoms with Gasteiger partial charge in [0.25, 0.3) is 0 Å². The highest BCUT2D eigenvalue weighted by Crippen LogP contribution is 2.27. The number of anilines is 2. The third-order valence-electron chi connectivity index (χ3n) is 3.98. The van der Waals surface area contributed by atoms with E-state index in [1.807, 2.05) is 13.0 Å². The highest BCUT2D eigenvalue weighted by atomic mass is 16.4. The normalized spacial score (nSPS) is 19.5. The molecule has 0 bridgehead atoms. The van der Waals surface area contributed by atoms with Crippen molar-refractivity contribution >= 4 is 29.2 Å². The van der Waals surface area contributed by atoms with Crippen LogP contribution in [0.25, 0.3) is 0 Å². The molecule has 0 fully saturated rings. The van der Waals surface area contributed by atoms with Crippen molar-refractivity contribution in [3.63, 3.8) is 0 Å². The number of aliphatic carboxylic acids is 1. The molecule has 128 valence electrons. The van der Waals surface area contributed by atoms with E-state index >= 15 is 0 Å². The van der Waals surface area contributed by atoms with Crippen LogP contribution in [-0.4, -0.2) is 22.9 Å². The van der Waals surface area contributed by atoms with E-state index in [4.69, 9.17) is 0 Å². The molecule has 0 heterocycles.